The topological polar surface area (TPSA) is 48.2 Å². The highest BCUT2D eigenvalue weighted by atomic mass is 19.1. The second kappa shape index (κ2) is 6.39. The highest BCUT2D eigenvalue weighted by Gasteiger charge is 2.19. The largest absolute Gasteiger partial charge is 0.481 e. The maximum Gasteiger partial charge on any atom is 0.257 e. The molecule has 1 atom stereocenters. The average Bonchev–Trinajstić information content (AvgIpc) is 3.03. The normalized spacial score (nSPS) is 12.1. The maximum atomic E-state index is 13.3. The van der Waals surface area contributed by atoms with Crippen LogP contribution in [0.5, 0.6) is 5.75 Å². The number of rotatable bonds is 5. The molecule has 0 bridgehead atoms. The Morgan fingerprint density at radius 1 is 1.09 bits per heavy atom. The van der Waals surface area contributed by atoms with E-state index in [4.69, 9.17) is 9.15 Å². The lowest BCUT2D eigenvalue weighted by Gasteiger charge is -2.13. The predicted octanol–water partition coefficient (Wildman–Crippen LogP) is 4.41. The van der Waals surface area contributed by atoms with Gasteiger partial charge in [-0.1, -0.05) is 31.2 Å². The van der Waals surface area contributed by atoms with E-state index in [9.17, 15) is 4.39 Å². The summed E-state index contributed by atoms with van der Waals surface area (Å²) in [5.74, 6) is 1.06. The van der Waals surface area contributed by atoms with E-state index in [2.05, 4.69) is 10.2 Å². The molecule has 0 aliphatic rings. The summed E-state index contributed by atoms with van der Waals surface area (Å²) < 4.78 is 24.7. The molecule has 0 aliphatic heterocycles. The molecule has 1 aromatic heterocycles. The smallest absolute Gasteiger partial charge is 0.257 e. The van der Waals surface area contributed by atoms with Crippen LogP contribution in [-0.2, 0) is 0 Å². The molecule has 4 nitrogen and oxygen atoms in total. The summed E-state index contributed by atoms with van der Waals surface area (Å²) in [6, 6.07) is 15.5. The summed E-state index contributed by atoms with van der Waals surface area (Å²) in [5.41, 5.74) is 0.549. The van der Waals surface area contributed by atoms with Crippen LogP contribution in [0.25, 0.3) is 11.5 Å². The van der Waals surface area contributed by atoms with Gasteiger partial charge in [-0.3, -0.25) is 0 Å². The molecule has 1 unspecified atom stereocenters. The van der Waals surface area contributed by atoms with E-state index in [-0.39, 0.29) is 17.8 Å². The van der Waals surface area contributed by atoms with Crippen LogP contribution in [0.1, 0.15) is 25.3 Å². The van der Waals surface area contributed by atoms with Crippen molar-refractivity contribution in [2.45, 2.75) is 19.4 Å². The van der Waals surface area contributed by atoms with Gasteiger partial charge in [0.25, 0.3) is 5.89 Å². The van der Waals surface area contributed by atoms with Crippen molar-refractivity contribution in [3.8, 4) is 17.2 Å². The fraction of sp³-hybridized carbons (Fsp3) is 0.176. The zero-order chi connectivity index (χ0) is 15.4. The zero-order valence-corrected chi connectivity index (χ0v) is 12.1. The van der Waals surface area contributed by atoms with Crippen molar-refractivity contribution < 1.29 is 13.5 Å². The molecule has 0 amide bonds. The third kappa shape index (κ3) is 3.14. The van der Waals surface area contributed by atoms with E-state index in [0.29, 0.717) is 17.9 Å². The van der Waals surface area contributed by atoms with Gasteiger partial charge in [0.2, 0.25) is 5.89 Å². The first kappa shape index (κ1) is 14.3. The Kier molecular flexibility index (Phi) is 4.14. The van der Waals surface area contributed by atoms with Crippen molar-refractivity contribution in [1.82, 2.24) is 10.2 Å². The predicted molar refractivity (Wildman–Crippen MR) is 79.8 cm³/mol. The van der Waals surface area contributed by atoms with Crippen LogP contribution in [0, 0.1) is 5.82 Å². The number of hydrogen-bond donors (Lipinski definition) is 0. The van der Waals surface area contributed by atoms with Crippen LogP contribution in [0.2, 0.25) is 0 Å². The molecule has 112 valence electrons. The average molecular weight is 298 g/mol. The molecule has 3 aromatic rings. The van der Waals surface area contributed by atoms with Crippen molar-refractivity contribution in [3.63, 3.8) is 0 Å². The molecule has 22 heavy (non-hydrogen) atoms. The molecule has 0 fully saturated rings. The van der Waals surface area contributed by atoms with Gasteiger partial charge in [-0.05, 0) is 36.8 Å². The summed E-state index contributed by atoms with van der Waals surface area (Å²) in [7, 11) is 0. The Bertz CT molecular complexity index is 743. The van der Waals surface area contributed by atoms with E-state index in [0.717, 1.165) is 5.75 Å². The summed E-state index contributed by atoms with van der Waals surface area (Å²) in [6.07, 6.45) is 0.344. The third-order valence-electron chi connectivity index (χ3n) is 3.18. The van der Waals surface area contributed by atoms with Gasteiger partial charge in [0.05, 0.1) is 0 Å². The highest BCUT2D eigenvalue weighted by molar-refractivity contribution is 5.52. The first-order valence-corrected chi connectivity index (χ1v) is 7.07. The molecule has 0 saturated carbocycles. The molecule has 0 radical (unpaired) electrons. The van der Waals surface area contributed by atoms with Crippen LogP contribution in [0.4, 0.5) is 4.39 Å². The van der Waals surface area contributed by atoms with Gasteiger partial charge in [-0.15, -0.1) is 10.2 Å². The Hall–Kier alpha value is -2.69. The van der Waals surface area contributed by atoms with Gasteiger partial charge in [-0.25, -0.2) is 4.39 Å². The number of nitrogens with zero attached hydrogens (tertiary/aromatic N) is 2. The minimum atomic E-state index is -0.343. The van der Waals surface area contributed by atoms with Gasteiger partial charge < -0.3 is 9.15 Å². The lowest BCUT2D eigenvalue weighted by atomic mass is 10.2. The molecule has 0 saturated heterocycles. The van der Waals surface area contributed by atoms with Crippen molar-refractivity contribution in [2.75, 3.05) is 0 Å². The van der Waals surface area contributed by atoms with E-state index < -0.39 is 0 Å². The van der Waals surface area contributed by atoms with Crippen LogP contribution >= 0.6 is 0 Å². The van der Waals surface area contributed by atoms with E-state index in [1.54, 1.807) is 12.1 Å². The van der Waals surface area contributed by atoms with Gasteiger partial charge >= 0.3 is 0 Å². The SMILES string of the molecule is CCC(Oc1ccccc1)c1nnc(-c2cccc(F)c2)o1. The number of halogens is 1. The van der Waals surface area contributed by atoms with Crippen molar-refractivity contribution in [3.05, 3.63) is 66.3 Å². The highest BCUT2D eigenvalue weighted by Crippen LogP contribution is 2.26. The molecule has 0 aliphatic carbocycles. The van der Waals surface area contributed by atoms with Crippen LogP contribution in [0.3, 0.4) is 0 Å². The first-order valence-electron chi connectivity index (χ1n) is 7.07. The molecule has 2 aromatic carbocycles. The van der Waals surface area contributed by atoms with Gasteiger partial charge in [0, 0.05) is 5.56 Å². The van der Waals surface area contributed by atoms with Crippen LogP contribution in [-0.4, -0.2) is 10.2 Å². The summed E-state index contributed by atoms with van der Waals surface area (Å²) in [6.45, 7) is 1.97. The summed E-state index contributed by atoms with van der Waals surface area (Å²) in [5, 5.41) is 8.00. The fourth-order valence-corrected chi connectivity index (χ4v) is 2.07. The number of benzene rings is 2. The van der Waals surface area contributed by atoms with E-state index >= 15 is 0 Å². The minimum Gasteiger partial charge on any atom is -0.481 e. The van der Waals surface area contributed by atoms with Gasteiger partial charge in [0.1, 0.15) is 11.6 Å². The Labute approximate surface area is 127 Å². The fourth-order valence-electron chi connectivity index (χ4n) is 2.07. The minimum absolute atomic E-state index is 0.282. The lowest BCUT2D eigenvalue weighted by molar-refractivity contribution is 0.166. The van der Waals surface area contributed by atoms with Crippen molar-refractivity contribution in [1.29, 1.82) is 0 Å². The quantitative estimate of drug-likeness (QED) is 0.700. The van der Waals surface area contributed by atoms with Crippen LogP contribution < -0.4 is 4.74 Å². The molecule has 0 N–H and O–H groups in total. The number of para-hydroxylation sites is 1. The second-order valence-corrected chi connectivity index (χ2v) is 4.78. The van der Waals surface area contributed by atoms with Gasteiger partial charge in [-0.2, -0.15) is 0 Å². The van der Waals surface area contributed by atoms with Crippen LogP contribution in [0.15, 0.2) is 59.0 Å². The van der Waals surface area contributed by atoms with Crippen molar-refractivity contribution >= 4 is 0 Å². The third-order valence-corrected chi connectivity index (χ3v) is 3.18. The Morgan fingerprint density at radius 2 is 1.91 bits per heavy atom. The molecular weight excluding hydrogens is 283 g/mol. The lowest BCUT2D eigenvalue weighted by Crippen LogP contribution is -2.06. The summed E-state index contributed by atoms with van der Waals surface area (Å²) in [4.78, 5) is 0. The number of hydrogen-bond acceptors (Lipinski definition) is 4. The number of aromatic nitrogens is 2. The Balaban J connectivity index is 1.82. The van der Waals surface area contributed by atoms with Crippen molar-refractivity contribution in [2.24, 2.45) is 0 Å². The molecular formula is C17H15FN2O2. The molecule has 3 rings (SSSR count). The molecule has 0 spiro atoms. The van der Waals surface area contributed by atoms with E-state index in [1.807, 2.05) is 37.3 Å². The standard InChI is InChI=1S/C17H15FN2O2/c1-2-15(21-14-9-4-3-5-10-14)17-20-19-16(22-17)12-7-6-8-13(18)11-12/h3-11,15H,2H2,1H3. The second-order valence-electron chi connectivity index (χ2n) is 4.78. The molecule has 1 heterocycles. The number of ether oxygens (including phenoxy) is 1. The summed E-state index contributed by atoms with van der Waals surface area (Å²) >= 11 is 0. The maximum absolute atomic E-state index is 13.3. The first-order chi connectivity index (χ1) is 10.8. The Morgan fingerprint density at radius 3 is 2.64 bits per heavy atom. The monoisotopic (exact) mass is 298 g/mol. The van der Waals surface area contributed by atoms with E-state index in [1.165, 1.54) is 12.1 Å². The zero-order valence-electron chi connectivity index (χ0n) is 12.1. The molecule has 5 heteroatoms. The van der Waals surface area contributed by atoms with Gasteiger partial charge in [0.15, 0.2) is 6.10 Å².